The molecule has 536 valence electrons. The van der Waals surface area contributed by atoms with Crippen LogP contribution in [0.25, 0.3) is 0 Å². The van der Waals surface area contributed by atoms with Gasteiger partial charge in [-0.15, -0.1) is 0 Å². The third-order valence-electron chi connectivity index (χ3n) is 19.2. The predicted octanol–water partition coefficient (Wildman–Crippen LogP) is 26.6. The second kappa shape index (κ2) is 72.3. The summed E-state index contributed by atoms with van der Waals surface area (Å²) in [6.45, 7) is 4.89. The van der Waals surface area contributed by atoms with Crippen molar-refractivity contribution in [3.8, 4) is 0 Å². The number of phosphoric ester groups is 1. The number of amides is 1. The van der Waals surface area contributed by atoms with Crippen LogP contribution >= 0.6 is 7.82 Å². The molecule has 9 heteroatoms. The molecule has 0 saturated carbocycles. The zero-order valence-corrected chi connectivity index (χ0v) is 62.6. The maximum atomic E-state index is 13.1. The molecule has 0 aromatic carbocycles. The number of aliphatic hydroxyl groups is 1. The molecule has 0 rings (SSSR count). The number of hydrogen-bond acceptors (Lipinski definition) is 5. The molecule has 1 amide bonds. The molecule has 3 unspecified atom stereocenters. The summed E-state index contributed by atoms with van der Waals surface area (Å²) in [7, 11) is 1.60. The van der Waals surface area contributed by atoms with Crippen molar-refractivity contribution in [2.24, 2.45) is 0 Å². The van der Waals surface area contributed by atoms with Gasteiger partial charge in [0, 0.05) is 6.42 Å². The number of unbranched alkanes of at least 4 members (excludes halogenated alkanes) is 62. The first-order chi connectivity index (χ1) is 44.0. The first-order valence-electron chi connectivity index (χ1n) is 40.7. The zero-order chi connectivity index (χ0) is 65.5. The summed E-state index contributed by atoms with van der Waals surface area (Å²) in [5, 5.41) is 14.1. The summed E-state index contributed by atoms with van der Waals surface area (Å²) in [4.78, 5) is 23.5. The van der Waals surface area contributed by atoms with E-state index in [0.29, 0.717) is 17.4 Å². The van der Waals surface area contributed by atoms with Crippen LogP contribution in [0.1, 0.15) is 438 Å². The molecular formula is C81H162N2O6P+. The van der Waals surface area contributed by atoms with Gasteiger partial charge in [0.25, 0.3) is 0 Å². The number of nitrogens with zero attached hydrogens (tertiary/aromatic N) is 1. The fraction of sp³-hybridized carbons (Fsp3) is 0.938. The lowest BCUT2D eigenvalue weighted by Crippen LogP contribution is -2.45. The number of carbonyl (C=O) groups is 1. The molecule has 0 heterocycles. The van der Waals surface area contributed by atoms with Gasteiger partial charge in [-0.05, 0) is 44.9 Å². The number of carbonyl (C=O) groups excluding carboxylic acids is 1. The molecule has 0 aliphatic carbocycles. The molecule has 0 aliphatic rings. The molecule has 3 atom stereocenters. The highest BCUT2D eigenvalue weighted by Crippen LogP contribution is 2.43. The van der Waals surface area contributed by atoms with Crippen molar-refractivity contribution in [2.45, 2.75) is 450 Å². The van der Waals surface area contributed by atoms with E-state index in [1.165, 1.54) is 385 Å². The van der Waals surface area contributed by atoms with Crippen molar-refractivity contribution in [1.29, 1.82) is 0 Å². The molecule has 0 fully saturated rings. The van der Waals surface area contributed by atoms with E-state index in [1.807, 2.05) is 27.2 Å². The number of aliphatic hydroxyl groups excluding tert-OH is 1. The summed E-state index contributed by atoms with van der Waals surface area (Å²) < 4.78 is 23.9. The van der Waals surface area contributed by atoms with Gasteiger partial charge >= 0.3 is 7.82 Å². The monoisotopic (exact) mass is 1290 g/mol. The van der Waals surface area contributed by atoms with E-state index in [-0.39, 0.29) is 19.1 Å². The lowest BCUT2D eigenvalue weighted by molar-refractivity contribution is -0.870. The summed E-state index contributed by atoms with van der Waals surface area (Å²) in [5.74, 6) is -0.166. The summed E-state index contributed by atoms with van der Waals surface area (Å²) in [6, 6.07) is -0.846. The number of rotatable bonds is 77. The first-order valence-corrected chi connectivity index (χ1v) is 42.2. The number of phosphoric acid groups is 1. The predicted molar refractivity (Wildman–Crippen MR) is 397 cm³/mol. The van der Waals surface area contributed by atoms with Gasteiger partial charge in [-0.3, -0.25) is 13.8 Å². The van der Waals surface area contributed by atoms with Crippen molar-refractivity contribution in [2.75, 3.05) is 40.9 Å². The average molecular weight is 1290 g/mol. The van der Waals surface area contributed by atoms with Gasteiger partial charge in [0.2, 0.25) is 5.91 Å². The molecule has 0 aromatic heterocycles. The first kappa shape index (κ1) is 89.0. The minimum atomic E-state index is -4.36. The zero-order valence-electron chi connectivity index (χ0n) is 61.7. The van der Waals surface area contributed by atoms with E-state index < -0.39 is 20.0 Å². The highest BCUT2D eigenvalue weighted by molar-refractivity contribution is 7.47. The van der Waals surface area contributed by atoms with Crippen LogP contribution in [0.5, 0.6) is 0 Å². The molecule has 0 radical (unpaired) electrons. The number of allylic oxidation sites excluding steroid dienone is 3. The molecule has 0 aliphatic heterocycles. The minimum Gasteiger partial charge on any atom is -0.387 e. The normalized spacial score (nSPS) is 13.5. The van der Waals surface area contributed by atoms with Gasteiger partial charge in [-0.2, -0.15) is 0 Å². The smallest absolute Gasteiger partial charge is 0.387 e. The Balaban J connectivity index is 3.92. The molecule has 3 N–H and O–H groups in total. The second-order valence-corrected chi connectivity index (χ2v) is 31.0. The number of nitrogens with one attached hydrogen (secondary N) is 1. The molecule has 0 aromatic rings. The van der Waals surface area contributed by atoms with Crippen LogP contribution in [-0.4, -0.2) is 73.4 Å². The molecule has 8 nitrogen and oxygen atoms in total. The Morgan fingerprint density at radius 2 is 0.600 bits per heavy atom. The van der Waals surface area contributed by atoms with Gasteiger partial charge in [0.1, 0.15) is 13.2 Å². The van der Waals surface area contributed by atoms with E-state index in [4.69, 9.17) is 9.05 Å². The standard InChI is InChI=1S/C81H161N2O6P/c1-6-8-10-12-14-16-18-20-22-24-26-28-30-32-34-36-38-39-40-41-42-43-45-47-49-51-53-55-57-59-61-63-65-67-69-71-73-75-81(85)82-79(78-89-90(86,87)88-77-76-83(3,4)5)80(84)74-72-70-68-66-64-62-60-58-56-54-52-50-48-46-44-37-35-33-31-29-27-25-23-21-19-17-15-13-11-9-7-2/h24,26,72,74,79-80,84H,6-23,25,27-71,73,75-78H2,1-5H3,(H-,82,85,86,87)/p+1/b26-24-,74-72+. The van der Waals surface area contributed by atoms with E-state index in [9.17, 15) is 19.4 Å². The molecule has 0 spiro atoms. The van der Waals surface area contributed by atoms with Crippen LogP contribution in [0.4, 0.5) is 0 Å². The number of quaternary nitrogens is 1. The van der Waals surface area contributed by atoms with Gasteiger partial charge in [-0.25, -0.2) is 4.57 Å². The van der Waals surface area contributed by atoms with E-state index >= 15 is 0 Å². The van der Waals surface area contributed by atoms with Crippen LogP contribution in [0.15, 0.2) is 24.3 Å². The third-order valence-corrected chi connectivity index (χ3v) is 20.1. The van der Waals surface area contributed by atoms with Crippen molar-refractivity contribution in [3.05, 3.63) is 24.3 Å². The number of likely N-dealkylation sites (N-methyl/N-ethyl adjacent to an activating group) is 1. The van der Waals surface area contributed by atoms with Gasteiger partial charge in [-0.1, -0.05) is 411 Å². The Morgan fingerprint density at radius 1 is 0.367 bits per heavy atom. The molecular weight excluding hydrogens is 1130 g/mol. The summed E-state index contributed by atoms with van der Waals surface area (Å²) in [6.07, 6.45) is 96.7. The van der Waals surface area contributed by atoms with E-state index in [1.54, 1.807) is 6.08 Å². The maximum absolute atomic E-state index is 13.1. The SMILES string of the molecule is CCCCCCCCCC/C=C\CCCCCCCCCCCCCCCCCCCCCCCCCCCC(=O)NC(COP(=O)(O)OCC[N+](C)(C)C)C(O)/C=C/CCCCCCCCCCCCCCCCCCCCCCCCCCCCCCC. The topological polar surface area (TPSA) is 105 Å². The quantitative estimate of drug-likeness (QED) is 0.0243. The highest BCUT2D eigenvalue weighted by Gasteiger charge is 2.28. The second-order valence-electron chi connectivity index (χ2n) is 29.5. The van der Waals surface area contributed by atoms with E-state index in [0.717, 1.165) is 32.1 Å². The van der Waals surface area contributed by atoms with Gasteiger partial charge in [0.05, 0.1) is 39.9 Å². The minimum absolute atomic E-state index is 0.0649. The fourth-order valence-corrected chi connectivity index (χ4v) is 13.6. The third kappa shape index (κ3) is 74.4. The Morgan fingerprint density at radius 3 is 0.856 bits per heavy atom. The molecule has 90 heavy (non-hydrogen) atoms. The Labute approximate surface area is 564 Å². The van der Waals surface area contributed by atoms with E-state index in [2.05, 4.69) is 31.3 Å². The van der Waals surface area contributed by atoms with Crippen molar-refractivity contribution in [3.63, 3.8) is 0 Å². The average Bonchev–Trinajstić information content (AvgIpc) is 3.18. The van der Waals surface area contributed by atoms with Crippen LogP contribution in [0, 0.1) is 0 Å². The van der Waals surface area contributed by atoms with Crippen LogP contribution in [-0.2, 0) is 18.4 Å². The maximum Gasteiger partial charge on any atom is 0.472 e. The Hall–Kier alpha value is -1.02. The summed E-state index contributed by atoms with van der Waals surface area (Å²) >= 11 is 0. The lowest BCUT2D eigenvalue weighted by Gasteiger charge is -2.25. The van der Waals surface area contributed by atoms with Crippen LogP contribution in [0.3, 0.4) is 0 Å². The van der Waals surface area contributed by atoms with Crippen molar-refractivity contribution < 1.29 is 32.9 Å². The van der Waals surface area contributed by atoms with Gasteiger partial charge < -0.3 is 19.8 Å². The van der Waals surface area contributed by atoms with Crippen LogP contribution in [0.2, 0.25) is 0 Å². The van der Waals surface area contributed by atoms with Crippen molar-refractivity contribution >= 4 is 13.7 Å². The Bertz CT molecular complexity index is 1520. The van der Waals surface area contributed by atoms with Gasteiger partial charge in [0.15, 0.2) is 0 Å². The fourth-order valence-electron chi connectivity index (χ4n) is 12.9. The molecule has 0 bridgehead atoms. The van der Waals surface area contributed by atoms with Crippen LogP contribution < -0.4 is 5.32 Å². The lowest BCUT2D eigenvalue weighted by atomic mass is 10.0. The summed E-state index contributed by atoms with van der Waals surface area (Å²) in [5.41, 5.74) is 0. The number of hydrogen-bond donors (Lipinski definition) is 3. The van der Waals surface area contributed by atoms with Crippen molar-refractivity contribution in [1.82, 2.24) is 5.32 Å². The Kier molecular flexibility index (Phi) is 71.4. The highest BCUT2D eigenvalue weighted by atomic mass is 31.2. The largest absolute Gasteiger partial charge is 0.472 e. The molecule has 0 saturated heterocycles.